The summed E-state index contributed by atoms with van der Waals surface area (Å²) < 4.78 is 45.5. The molecule has 158 valence electrons. The summed E-state index contributed by atoms with van der Waals surface area (Å²) in [5.41, 5.74) is 0.0542. The molecule has 2 aliphatic rings. The number of nitrogens with one attached hydrogen (secondary N) is 1. The summed E-state index contributed by atoms with van der Waals surface area (Å²) in [6.07, 6.45) is -4.89. The topological polar surface area (TPSA) is 61.9 Å². The molecule has 0 aliphatic carbocycles. The number of ether oxygens (including phenoxy) is 1. The van der Waals surface area contributed by atoms with Gasteiger partial charge in [-0.1, -0.05) is 24.3 Å². The van der Waals surface area contributed by atoms with E-state index in [4.69, 9.17) is 4.74 Å². The second-order valence-electron chi connectivity index (χ2n) is 7.10. The molecule has 4 rings (SSSR count). The molecule has 1 unspecified atom stereocenters. The van der Waals surface area contributed by atoms with E-state index in [-0.39, 0.29) is 6.42 Å². The maximum absolute atomic E-state index is 13.4. The predicted octanol–water partition coefficient (Wildman–Crippen LogP) is 3.29. The van der Waals surface area contributed by atoms with E-state index in [0.717, 1.165) is 17.8 Å². The van der Waals surface area contributed by atoms with E-state index < -0.39 is 35.3 Å². The number of carbonyl (C=O) groups is 2. The summed E-state index contributed by atoms with van der Waals surface area (Å²) in [5, 5.41) is 3.07. The third-order valence-electron chi connectivity index (χ3n) is 5.18. The number of amides is 2. The van der Waals surface area contributed by atoms with E-state index in [0.29, 0.717) is 36.9 Å². The number of nitrogens with zero attached hydrogens (tertiary/aromatic N) is 2. The fourth-order valence-corrected chi connectivity index (χ4v) is 3.77. The van der Waals surface area contributed by atoms with Gasteiger partial charge in [-0.3, -0.25) is 9.59 Å². The van der Waals surface area contributed by atoms with Crippen LogP contribution in [0.5, 0.6) is 0 Å². The minimum Gasteiger partial charge on any atom is -0.378 e. The van der Waals surface area contributed by atoms with Crippen molar-refractivity contribution >= 4 is 28.9 Å². The van der Waals surface area contributed by atoms with Crippen molar-refractivity contribution in [3.8, 4) is 0 Å². The Labute approximate surface area is 171 Å². The minimum atomic E-state index is -4.67. The molecule has 0 bridgehead atoms. The molecule has 0 spiro atoms. The molecule has 2 aliphatic heterocycles. The van der Waals surface area contributed by atoms with E-state index in [9.17, 15) is 22.8 Å². The molecule has 0 aromatic heterocycles. The number of morpholine rings is 1. The van der Waals surface area contributed by atoms with E-state index in [1.807, 2.05) is 12.1 Å². The second-order valence-corrected chi connectivity index (χ2v) is 7.10. The van der Waals surface area contributed by atoms with Crippen LogP contribution in [0.1, 0.15) is 12.0 Å². The van der Waals surface area contributed by atoms with Crippen LogP contribution in [0.2, 0.25) is 0 Å². The highest BCUT2D eigenvalue weighted by molar-refractivity contribution is 6.23. The Bertz CT molecular complexity index is 958. The van der Waals surface area contributed by atoms with Crippen LogP contribution in [0.4, 0.5) is 30.2 Å². The molecule has 0 radical (unpaired) electrons. The van der Waals surface area contributed by atoms with Gasteiger partial charge in [0.25, 0.3) is 5.91 Å². The molecule has 9 heteroatoms. The average Bonchev–Trinajstić information content (AvgIpc) is 3.01. The zero-order valence-electron chi connectivity index (χ0n) is 16.0. The molecular formula is C21H20F3N3O3. The zero-order valence-corrected chi connectivity index (χ0v) is 16.0. The first kappa shape index (κ1) is 20.2. The van der Waals surface area contributed by atoms with Crippen LogP contribution in [-0.4, -0.2) is 44.2 Å². The van der Waals surface area contributed by atoms with Gasteiger partial charge in [0.15, 0.2) is 0 Å². The van der Waals surface area contributed by atoms with E-state index >= 15 is 0 Å². The van der Waals surface area contributed by atoms with Crippen molar-refractivity contribution in [1.82, 2.24) is 0 Å². The number of alkyl halides is 3. The summed E-state index contributed by atoms with van der Waals surface area (Å²) in [4.78, 5) is 28.2. The van der Waals surface area contributed by atoms with Gasteiger partial charge < -0.3 is 15.0 Å². The predicted molar refractivity (Wildman–Crippen MR) is 105 cm³/mol. The van der Waals surface area contributed by atoms with E-state index in [1.54, 1.807) is 12.1 Å². The first-order chi connectivity index (χ1) is 14.4. The highest BCUT2D eigenvalue weighted by Crippen LogP contribution is 2.38. The average molecular weight is 419 g/mol. The lowest BCUT2D eigenvalue weighted by atomic mass is 10.1. The summed E-state index contributed by atoms with van der Waals surface area (Å²) in [7, 11) is 0. The number of para-hydroxylation sites is 3. The van der Waals surface area contributed by atoms with Gasteiger partial charge in [0.1, 0.15) is 6.04 Å². The number of halogens is 3. The van der Waals surface area contributed by atoms with Crippen LogP contribution in [0.3, 0.4) is 0 Å². The molecule has 30 heavy (non-hydrogen) atoms. The summed E-state index contributed by atoms with van der Waals surface area (Å²) in [6, 6.07) is 11.0. The molecule has 0 saturated carbocycles. The maximum atomic E-state index is 13.4. The van der Waals surface area contributed by atoms with Crippen LogP contribution in [0.15, 0.2) is 48.5 Å². The van der Waals surface area contributed by atoms with Gasteiger partial charge in [0.05, 0.1) is 42.3 Å². The molecular weight excluding hydrogens is 399 g/mol. The maximum Gasteiger partial charge on any atom is 0.418 e. The molecule has 6 nitrogen and oxygen atoms in total. The van der Waals surface area contributed by atoms with Gasteiger partial charge >= 0.3 is 6.18 Å². The van der Waals surface area contributed by atoms with Gasteiger partial charge in [-0.15, -0.1) is 0 Å². The van der Waals surface area contributed by atoms with E-state index in [2.05, 4.69) is 10.2 Å². The Balaban J connectivity index is 1.60. The van der Waals surface area contributed by atoms with Gasteiger partial charge in [-0.05, 0) is 24.3 Å². The Morgan fingerprint density at radius 1 is 0.933 bits per heavy atom. The lowest BCUT2D eigenvalue weighted by Gasteiger charge is -2.31. The smallest absolute Gasteiger partial charge is 0.378 e. The highest BCUT2D eigenvalue weighted by Gasteiger charge is 2.44. The molecule has 2 aromatic carbocycles. The van der Waals surface area contributed by atoms with Crippen LogP contribution < -0.4 is 15.1 Å². The molecule has 1 N–H and O–H groups in total. The van der Waals surface area contributed by atoms with Crippen LogP contribution in [0, 0.1) is 0 Å². The minimum absolute atomic E-state index is 0.220. The lowest BCUT2D eigenvalue weighted by molar-refractivity contribution is -0.137. The molecule has 2 fully saturated rings. The fourth-order valence-electron chi connectivity index (χ4n) is 3.77. The quantitative estimate of drug-likeness (QED) is 0.771. The first-order valence-electron chi connectivity index (χ1n) is 9.57. The van der Waals surface area contributed by atoms with Crippen LogP contribution in [0.25, 0.3) is 0 Å². The first-order valence-corrected chi connectivity index (χ1v) is 9.57. The molecule has 2 amide bonds. The van der Waals surface area contributed by atoms with Crippen molar-refractivity contribution < 1.29 is 27.5 Å². The number of carbonyl (C=O) groups excluding carboxylic acids is 2. The van der Waals surface area contributed by atoms with Crippen molar-refractivity contribution in [2.24, 2.45) is 0 Å². The molecule has 1 atom stereocenters. The molecule has 2 saturated heterocycles. The Kier molecular flexibility index (Phi) is 5.38. The van der Waals surface area contributed by atoms with Gasteiger partial charge in [-0.25, -0.2) is 4.90 Å². The van der Waals surface area contributed by atoms with Crippen molar-refractivity contribution in [1.29, 1.82) is 0 Å². The SMILES string of the molecule is O=C1CC(Nc2ccccc2N2CCOCC2)C(=O)N1c1ccccc1C(F)(F)F. The normalized spacial score (nSPS) is 20.0. The molecule has 2 aromatic rings. The van der Waals surface area contributed by atoms with Crippen molar-refractivity contribution in [3.05, 3.63) is 54.1 Å². The van der Waals surface area contributed by atoms with Gasteiger partial charge in [0.2, 0.25) is 5.91 Å². The third-order valence-corrected chi connectivity index (χ3v) is 5.18. The van der Waals surface area contributed by atoms with Crippen LogP contribution in [-0.2, 0) is 20.5 Å². The van der Waals surface area contributed by atoms with Gasteiger partial charge in [0, 0.05) is 13.1 Å². The summed E-state index contributed by atoms with van der Waals surface area (Å²) >= 11 is 0. The second kappa shape index (κ2) is 7.98. The monoisotopic (exact) mass is 419 g/mol. The van der Waals surface area contributed by atoms with Crippen molar-refractivity contribution in [2.75, 3.05) is 41.4 Å². The molecule has 2 heterocycles. The largest absolute Gasteiger partial charge is 0.418 e. The van der Waals surface area contributed by atoms with Gasteiger partial charge in [-0.2, -0.15) is 13.2 Å². The number of imide groups is 1. The number of hydrogen-bond donors (Lipinski definition) is 1. The Hall–Kier alpha value is -3.07. The number of rotatable bonds is 4. The Morgan fingerprint density at radius 3 is 2.27 bits per heavy atom. The number of anilines is 3. The standard InChI is InChI=1S/C21H20F3N3O3/c22-21(23,24)14-5-1-3-7-17(14)27-19(28)13-16(20(27)29)25-15-6-2-4-8-18(15)26-9-11-30-12-10-26/h1-8,16,25H,9-13H2. The third kappa shape index (κ3) is 3.85. The zero-order chi connectivity index (χ0) is 21.3. The van der Waals surface area contributed by atoms with Crippen molar-refractivity contribution in [3.63, 3.8) is 0 Å². The van der Waals surface area contributed by atoms with Crippen molar-refractivity contribution in [2.45, 2.75) is 18.6 Å². The number of hydrogen-bond acceptors (Lipinski definition) is 5. The summed E-state index contributed by atoms with van der Waals surface area (Å²) in [6.45, 7) is 2.52. The lowest BCUT2D eigenvalue weighted by Crippen LogP contribution is -2.38. The van der Waals surface area contributed by atoms with E-state index in [1.165, 1.54) is 12.1 Å². The number of benzene rings is 2. The summed E-state index contributed by atoms with van der Waals surface area (Å²) in [5.74, 6) is -1.37. The fraction of sp³-hybridized carbons (Fsp3) is 0.333. The highest BCUT2D eigenvalue weighted by atomic mass is 19.4. The van der Waals surface area contributed by atoms with Crippen LogP contribution >= 0.6 is 0 Å². The Morgan fingerprint density at radius 2 is 1.57 bits per heavy atom.